The van der Waals surface area contributed by atoms with Gasteiger partial charge in [-0.05, 0) is 48.7 Å². The number of carbonyl (C=O) groups is 1. The lowest BCUT2D eigenvalue weighted by atomic mass is 10.2. The number of pyridine rings is 1. The third kappa shape index (κ3) is 8.00. The number of halogens is 1. The zero-order chi connectivity index (χ0) is 19.3. The van der Waals surface area contributed by atoms with Gasteiger partial charge in [-0.1, -0.05) is 19.4 Å². The number of carbonyl (C=O) groups excluding carboxylic acids is 1. The number of hydrogen-bond donors (Lipinski definition) is 1. The summed E-state index contributed by atoms with van der Waals surface area (Å²) in [6, 6.07) is 7.92. The van der Waals surface area contributed by atoms with Gasteiger partial charge in [-0.3, -0.25) is 9.78 Å². The van der Waals surface area contributed by atoms with Gasteiger partial charge in [-0.25, -0.2) is 4.39 Å². The molecule has 0 aliphatic heterocycles. The van der Waals surface area contributed by atoms with Crippen molar-refractivity contribution in [2.45, 2.75) is 26.2 Å². The van der Waals surface area contributed by atoms with Gasteiger partial charge in [0, 0.05) is 32.0 Å². The van der Waals surface area contributed by atoms with Crippen LogP contribution in [0.1, 0.15) is 31.7 Å². The highest BCUT2D eigenvalue weighted by atomic mass is 19.1. The standard InChI is InChI=1S/C21H25FN2O3/c1-2-3-13-26-14-5-12-24-21(25)10-8-17-7-9-20(19(22)15-17)27-18-6-4-11-23-16-18/h4,6-11,15-16H,2-3,5,12-14H2,1H3,(H,24,25)/b10-8+. The molecule has 6 heteroatoms. The van der Waals surface area contributed by atoms with Crippen LogP contribution in [0.25, 0.3) is 6.08 Å². The molecule has 0 aliphatic carbocycles. The lowest BCUT2D eigenvalue weighted by Crippen LogP contribution is -2.23. The van der Waals surface area contributed by atoms with E-state index >= 15 is 0 Å². The van der Waals surface area contributed by atoms with E-state index in [4.69, 9.17) is 9.47 Å². The molecule has 0 radical (unpaired) electrons. The maximum atomic E-state index is 14.1. The van der Waals surface area contributed by atoms with Crippen molar-refractivity contribution >= 4 is 12.0 Å². The summed E-state index contributed by atoms with van der Waals surface area (Å²) in [4.78, 5) is 15.7. The first-order valence-electron chi connectivity index (χ1n) is 9.10. The second-order valence-electron chi connectivity index (χ2n) is 5.92. The Morgan fingerprint density at radius 2 is 2.11 bits per heavy atom. The Labute approximate surface area is 159 Å². The molecule has 0 unspecified atom stereocenters. The molecule has 1 N–H and O–H groups in total. The number of benzene rings is 1. The van der Waals surface area contributed by atoms with E-state index in [9.17, 15) is 9.18 Å². The molecule has 27 heavy (non-hydrogen) atoms. The average molecular weight is 372 g/mol. The first-order chi connectivity index (χ1) is 13.2. The van der Waals surface area contributed by atoms with Gasteiger partial charge in [0.05, 0.1) is 6.20 Å². The van der Waals surface area contributed by atoms with Crippen molar-refractivity contribution in [1.82, 2.24) is 10.3 Å². The molecule has 1 aromatic heterocycles. The molecule has 0 saturated heterocycles. The van der Waals surface area contributed by atoms with E-state index in [1.54, 1.807) is 30.5 Å². The molecule has 2 aromatic rings. The number of nitrogens with zero attached hydrogens (tertiary/aromatic N) is 1. The fourth-order valence-electron chi connectivity index (χ4n) is 2.20. The summed E-state index contributed by atoms with van der Waals surface area (Å²) >= 11 is 0. The van der Waals surface area contributed by atoms with Crippen LogP contribution < -0.4 is 10.1 Å². The lowest BCUT2D eigenvalue weighted by molar-refractivity contribution is -0.116. The van der Waals surface area contributed by atoms with E-state index in [2.05, 4.69) is 17.2 Å². The predicted octanol–water partition coefficient (Wildman–Crippen LogP) is 4.35. The second kappa shape index (κ2) is 11.8. The van der Waals surface area contributed by atoms with E-state index in [0.717, 1.165) is 25.9 Å². The van der Waals surface area contributed by atoms with Gasteiger partial charge in [0.1, 0.15) is 5.75 Å². The van der Waals surface area contributed by atoms with Crippen LogP contribution in [0.15, 0.2) is 48.8 Å². The molecular formula is C21H25FN2O3. The lowest BCUT2D eigenvalue weighted by Gasteiger charge is -2.06. The summed E-state index contributed by atoms with van der Waals surface area (Å²) in [5, 5.41) is 2.77. The number of unbranched alkanes of at least 4 members (excludes halogenated alkanes) is 1. The summed E-state index contributed by atoms with van der Waals surface area (Å²) in [5.74, 6) is -0.171. The highest BCUT2D eigenvalue weighted by molar-refractivity contribution is 5.91. The zero-order valence-corrected chi connectivity index (χ0v) is 15.5. The van der Waals surface area contributed by atoms with Crippen LogP contribution in [-0.4, -0.2) is 30.6 Å². The summed E-state index contributed by atoms with van der Waals surface area (Å²) in [6.07, 6.45) is 8.99. The monoisotopic (exact) mass is 372 g/mol. The summed E-state index contributed by atoms with van der Waals surface area (Å²) in [6.45, 7) is 4.05. The van der Waals surface area contributed by atoms with Crippen LogP contribution in [-0.2, 0) is 9.53 Å². The molecule has 0 spiro atoms. The first-order valence-corrected chi connectivity index (χ1v) is 9.10. The number of amides is 1. The topological polar surface area (TPSA) is 60.5 Å². The van der Waals surface area contributed by atoms with E-state index in [1.807, 2.05) is 0 Å². The molecule has 1 heterocycles. The van der Waals surface area contributed by atoms with E-state index in [-0.39, 0.29) is 11.7 Å². The minimum absolute atomic E-state index is 0.104. The minimum Gasteiger partial charge on any atom is -0.453 e. The van der Waals surface area contributed by atoms with Crippen molar-refractivity contribution < 1.29 is 18.7 Å². The molecule has 0 bridgehead atoms. The maximum Gasteiger partial charge on any atom is 0.244 e. The Hall–Kier alpha value is -2.73. The third-order valence-electron chi connectivity index (χ3n) is 3.65. The Balaban J connectivity index is 1.76. The largest absolute Gasteiger partial charge is 0.453 e. The molecule has 1 amide bonds. The quantitative estimate of drug-likeness (QED) is 0.471. The molecule has 0 aliphatic rings. The van der Waals surface area contributed by atoms with Gasteiger partial charge in [0.15, 0.2) is 11.6 Å². The van der Waals surface area contributed by atoms with E-state index in [0.29, 0.717) is 24.5 Å². The Morgan fingerprint density at radius 3 is 2.85 bits per heavy atom. The Kier molecular flexibility index (Phi) is 9.00. The van der Waals surface area contributed by atoms with Gasteiger partial charge >= 0.3 is 0 Å². The Morgan fingerprint density at radius 1 is 1.26 bits per heavy atom. The summed E-state index contributed by atoms with van der Waals surface area (Å²) < 4.78 is 25.0. The number of ether oxygens (including phenoxy) is 2. The second-order valence-corrected chi connectivity index (χ2v) is 5.92. The number of rotatable bonds is 11. The fraction of sp³-hybridized carbons (Fsp3) is 0.333. The van der Waals surface area contributed by atoms with Crippen molar-refractivity contribution in [3.63, 3.8) is 0 Å². The van der Waals surface area contributed by atoms with Gasteiger partial charge in [0.25, 0.3) is 0 Å². The average Bonchev–Trinajstić information content (AvgIpc) is 2.68. The highest BCUT2D eigenvalue weighted by Gasteiger charge is 2.05. The summed E-state index contributed by atoms with van der Waals surface area (Å²) in [7, 11) is 0. The van der Waals surface area contributed by atoms with Gasteiger partial charge < -0.3 is 14.8 Å². The van der Waals surface area contributed by atoms with E-state index in [1.165, 1.54) is 24.4 Å². The SMILES string of the molecule is CCCCOCCCNC(=O)/C=C/c1ccc(Oc2cccnc2)c(F)c1. The van der Waals surface area contributed by atoms with Gasteiger partial charge in [0.2, 0.25) is 5.91 Å². The molecule has 0 fully saturated rings. The van der Waals surface area contributed by atoms with Crippen molar-refractivity contribution in [2.75, 3.05) is 19.8 Å². The zero-order valence-electron chi connectivity index (χ0n) is 15.5. The molecule has 0 saturated carbocycles. The summed E-state index contributed by atoms with van der Waals surface area (Å²) in [5.41, 5.74) is 0.573. The molecule has 5 nitrogen and oxygen atoms in total. The van der Waals surface area contributed by atoms with Crippen LogP contribution in [0.5, 0.6) is 11.5 Å². The van der Waals surface area contributed by atoms with Crippen molar-refractivity contribution in [3.8, 4) is 11.5 Å². The third-order valence-corrected chi connectivity index (χ3v) is 3.65. The number of hydrogen-bond acceptors (Lipinski definition) is 4. The van der Waals surface area contributed by atoms with Crippen LogP contribution in [0.2, 0.25) is 0 Å². The van der Waals surface area contributed by atoms with Gasteiger partial charge in [-0.15, -0.1) is 0 Å². The normalized spacial score (nSPS) is 10.9. The van der Waals surface area contributed by atoms with Crippen molar-refractivity contribution in [1.29, 1.82) is 0 Å². The van der Waals surface area contributed by atoms with Crippen LogP contribution in [0.3, 0.4) is 0 Å². The number of nitrogens with one attached hydrogen (secondary N) is 1. The van der Waals surface area contributed by atoms with Crippen molar-refractivity contribution in [2.24, 2.45) is 0 Å². The van der Waals surface area contributed by atoms with E-state index < -0.39 is 5.82 Å². The first kappa shape index (κ1) is 20.6. The smallest absolute Gasteiger partial charge is 0.244 e. The predicted molar refractivity (Wildman–Crippen MR) is 103 cm³/mol. The van der Waals surface area contributed by atoms with Crippen LogP contribution >= 0.6 is 0 Å². The maximum absolute atomic E-state index is 14.1. The highest BCUT2D eigenvalue weighted by Crippen LogP contribution is 2.24. The molecule has 1 aromatic carbocycles. The Bertz CT molecular complexity index is 735. The van der Waals surface area contributed by atoms with Gasteiger partial charge in [-0.2, -0.15) is 0 Å². The molecule has 144 valence electrons. The van der Waals surface area contributed by atoms with Crippen LogP contribution in [0.4, 0.5) is 4.39 Å². The minimum atomic E-state index is -0.509. The fourth-order valence-corrected chi connectivity index (χ4v) is 2.20. The molecule has 0 atom stereocenters. The van der Waals surface area contributed by atoms with Crippen molar-refractivity contribution in [3.05, 3.63) is 60.2 Å². The number of aromatic nitrogens is 1. The molecular weight excluding hydrogens is 347 g/mol. The van der Waals surface area contributed by atoms with Crippen LogP contribution in [0, 0.1) is 5.82 Å². The molecule has 2 rings (SSSR count).